The molecule has 1 N–H and O–H groups in total. The van der Waals surface area contributed by atoms with Crippen molar-refractivity contribution in [3.05, 3.63) is 53.2 Å². The van der Waals surface area contributed by atoms with E-state index in [2.05, 4.69) is 10.3 Å². The van der Waals surface area contributed by atoms with Gasteiger partial charge in [0.2, 0.25) is 5.91 Å². The minimum absolute atomic E-state index is 0.0410. The fourth-order valence-electron chi connectivity index (χ4n) is 2.92. The Labute approximate surface area is 152 Å². The Morgan fingerprint density at radius 1 is 1.12 bits per heavy atom. The van der Waals surface area contributed by atoms with E-state index in [1.807, 2.05) is 0 Å². The highest BCUT2D eigenvalue weighted by molar-refractivity contribution is 7.91. The number of aryl methyl sites for hydroxylation is 1. The summed E-state index contributed by atoms with van der Waals surface area (Å²) in [5.74, 6) is 0.317. The number of carbonyl (C=O) groups is 2. The van der Waals surface area contributed by atoms with Crippen LogP contribution in [0.15, 0.2) is 41.3 Å². The minimum Gasteiger partial charge on any atom is -0.310 e. The van der Waals surface area contributed by atoms with E-state index in [4.69, 9.17) is 0 Å². The molecular weight excluding hydrogens is 352 g/mol. The third kappa shape index (κ3) is 3.99. The number of hydrogen-bond donors (Lipinski definition) is 1. The molecule has 0 unspecified atom stereocenters. The van der Waals surface area contributed by atoms with Gasteiger partial charge in [-0.15, -0.1) is 0 Å². The van der Waals surface area contributed by atoms with Gasteiger partial charge in [-0.2, -0.15) is 0 Å². The molecule has 0 fully saturated rings. The van der Waals surface area contributed by atoms with E-state index in [9.17, 15) is 18.0 Å². The van der Waals surface area contributed by atoms with Crippen LogP contribution in [-0.2, 0) is 27.5 Å². The Hall–Kier alpha value is -2.54. The number of sulfone groups is 1. The van der Waals surface area contributed by atoms with Crippen LogP contribution in [0.2, 0.25) is 0 Å². The SMILES string of the molecule is CCS(=O)(=O)c1ccc(CC(=O)Nc2ccc3c(n2)CCCC3=O)cc1. The third-order valence-electron chi connectivity index (χ3n) is 4.39. The molecule has 1 aromatic carbocycles. The Morgan fingerprint density at radius 2 is 1.85 bits per heavy atom. The van der Waals surface area contributed by atoms with Crippen LogP contribution in [0.3, 0.4) is 0 Å². The van der Waals surface area contributed by atoms with Crippen molar-refractivity contribution in [3.8, 4) is 0 Å². The second-order valence-electron chi connectivity index (χ2n) is 6.24. The van der Waals surface area contributed by atoms with Crippen molar-refractivity contribution in [2.75, 3.05) is 11.1 Å². The van der Waals surface area contributed by atoms with Crippen LogP contribution in [0.5, 0.6) is 0 Å². The van der Waals surface area contributed by atoms with Gasteiger partial charge in [0, 0.05) is 12.0 Å². The number of ketones is 1. The summed E-state index contributed by atoms with van der Waals surface area (Å²) in [6, 6.07) is 9.66. The van der Waals surface area contributed by atoms with Gasteiger partial charge in [-0.25, -0.2) is 13.4 Å². The Kier molecular flexibility index (Phi) is 5.18. The van der Waals surface area contributed by atoms with E-state index in [0.717, 1.165) is 18.5 Å². The summed E-state index contributed by atoms with van der Waals surface area (Å²) in [4.78, 5) is 28.7. The van der Waals surface area contributed by atoms with E-state index in [0.29, 0.717) is 23.4 Å². The molecule has 6 nitrogen and oxygen atoms in total. The van der Waals surface area contributed by atoms with Crippen LogP contribution in [0, 0.1) is 0 Å². The third-order valence-corrected chi connectivity index (χ3v) is 6.14. The lowest BCUT2D eigenvalue weighted by atomic mass is 9.95. The number of carbonyl (C=O) groups excluding carboxylic acids is 2. The molecule has 0 spiro atoms. The number of pyridine rings is 1. The predicted molar refractivity (Wildman–Crippen MR) is 98.0 cm³/mol. The second-order valence-corrected chi connectivity index (χ2v) is 8.52. The van der Waals surface area contributed by atoms with Crippen molar-refractivity contribution >= 4 is 27.3 Å². The fraction of sp³-hybridized carbons (Fsp3) is 0.316. The molecule has 1 aliphatic carbocycles. The number of anilines is 1. The van der Waals surface area contributed by atoms with E-state index < -0.39 is 9.84 Å². The largest absolute Gasteiger partial charge is 0.310 e. The molecule has 1 aliphatic rings. The van der Waals surface area contributed by atoms with Crippen LogP contribution in [0.4, 0.5) is 5.82 Å². The summed E-state index contributed by atoms with van der Waals surface area (Å²) in [5.41, 5.74) is 2.08. The first kappa shape index (κ1) is 18.3. The molecule has 0 saturated heterocycles. The van der Waals surface area contributed by atoms with E-state index in [-0.39, 0.29) is 28.8 Å². The summed E-state index contributed by atoms with van der Waals surface area (Å²) in [7, 11) is -3.24. The van der Waals surface area contributed by atoms with Crippen LogP contribution in [0.25, 0.3) is 0 Å². The van der Waals surface area contributed by atoms with Gasteiger partial charge in [0.1, 0.15) is 5.82 Å². The van der Waals surface area contributed by atoms with Gasteiger partial charge < -0.3 is 5.32 Å². The maximum Gasteiger partial charge on any atom is 0.229 e. The zero-order valence-electron chi connectivity index (χ0n) is 14.5. The molecule has 136 valence electrons. The summed E-state index contributed by atoms with van der Waals surface area (Å²) >= 11 is 0. The lowest BCUT2D eigenvalue weighted by molar-refractivity contribution is -0.115. The number of aromatic nitrogens is 1. The molecule has 26 heavy (non-hydrogen) atoms. The Bertz CT molecular complexity index is 950. The first-order valence-electron chi connectivity index (χ1n) is 8.53. The number of rotatable bonds is 5. The quantitative estimate of drug-likeness (QED) is 0.871. The zero-order valence-corrected chi connectivity index (χ0v) is 15.3. The average molecular weight is 372 g/mol. The predicted octanol–water partition coefficient (Wildman–Crippen LogP) is 2.58. The Morgan fingerprint density at radius 3 is 2.54 bits per heavy atom. The van der Waals surface area contributed by atoms with Crippen molar-refractivity contribution in [1.29, 1.82) is 0 Å². The molecule has 0 saturated carbocycles. The molecule has 0 aliphatic heterocycles. The molecule has 0 atom stereocenters. The molecule has 0 bridgehead atoms. The highest BCUT2D eigenvalue weighted by Crippen LogP contribution is 2.21. The number of fused-ring (bicyclic) bond motifs is 1. The molecule has 1 heterocycles. The van der Waals surface area contributed by atoms with Gasteiger partial charge in [-0.1, -0.05) is 19.1 Å². The van der Waals surface area contributed by atoms with Crippen molar-refractivity contribution in [1.82, 2.24) is 4.98 Å². The standard InChI is InChI=1S/C19H20N2O4S/c1-2-26(24,25)14-8-6-13(7-9-14)12-19(23)21-18-11-10-15-16(20-18)4-3-5-17(15)22/h6-11H,2-5,12H2,1H3,(H,20,21,23). The molecule has 0 radical (unpaired) electrons. The Balaban J connectivity index is 1.67. The second kappa shape index (κ2) is 7.37. The average Bonchev–Trinajstić information content (AvgIpc) is 2.62. The first-order chi connectivity index (χ1) is 12.4. The molecular formula is C19H20N2O4S. The van der Waals surface area contributed by atoms with Crippen LogP contribution in [-0.4, -0.2) is 30.8 Å². The lowest BCUT2D eigenvalue weighted by Crippen LogP contribution is -2.18. The normalized spacial score (nSPS) is 14.0. The van der Waals surface area contributed by atoms with E-state index in [1.165, 1.54) is 12.1 Å². The highest BCUT2D eigenvalue weighted by atomic mass is 32.2. The molecule has 2 aromatic rings. The highest BCUT2D eigenvalue weighted by Gasteiger charge is 2.19. The van der Waals surface area contributed by atoms with Crippen molar-refractivity contribution in [3.63, 3.8) is 0 Å². The molecule has 1 aromatic heterocycles. The van der Waals surface area contributed by atoms with Crippen LogP contribution >= 0.6 is 0 Å². The first-order valence-corrected chi connectivity index (χ1v) is 10.2. The van der Waals surface area contributed by atoms with Crippen molar-refractivity contribution in [2.45, 2.75) is 37.5 Å². The topological polar surface area (TPSA) is 93.2 Å². The molecule has 3 rings (SSSR count). The number of hydrogen-bond acceptors (Lipinski definition) is 5. The fourth-order valence-corrected chi connectivity index (χ4v) is 3.80. The number of nitrogens with one attached hydrogen (secondary N) is 1. The summed E-state index contributed by atoms with van der Waals surface area (Å²) in [6.07, 6.45) is 2.18. The van der Waals surface area contributed by atoms with Crippen LogP contribution < -0.4 is 5.32 Å². The summed E-state index contributed by atoms with van der Waals surface area (Å²) in [5, 5.41) is 2.73. The number of nitrogens with zero attached hydrogens (tertiary/aromatic N) is 1. The molecule has 7 heteroatoms. The minimum atomic E-state index is -3.24. The molecule has 1 amide bonds. The van der Waals surface area contributed by atoms with Gasteiger partial charge in [0.15, 0.2) is 15.6 Å². The smallest absolute Gasteiger partial charge is 0.229 e. The van der Waals surface area contributed by atoms with Gasteiger partial charge in [-0.3, -0.25) is 9.59 Å². The lowest BCUT2D eigenvalue weighted by Gasteiger charge is -2.14. The van der Waals surface area contributed by atoms with Gasteiger partial charge >= 0.3 is 0 Å². The van der Waals surface area contributed by atoms with Gasteiger partial charge in [0.25, 0.3) is 0 Å². The van der Waals surface area contributed by atoms with Crippen molar-refractivity contribution in [2.24, 2.45) is 0 Å². The number of amides is 1. The summed E-state index contributed by atoms with van der Waals surface area (Å²) in [6.45, 7) is 1.59. The van der Waals surface area contributed by atoms with Gasteiger partial charge in [0.05, 0.1) is 22.8 Å². The zero-order chi connectivity index (χ0) is 18.7. The monoisotopic (exact) mass is 372 g/mol. The van der Waals surface area contributed by atoms with Gasteiger partial charge in [-0.05, 0) is 42.7 Å². The van der Waals surface area contributed by atoms with Crippen LogP contribution in [0.1, 0.15) is 41.4 Å². The maximum atomic E-state index is 12.2. The summed E-state index contributed by atoms with van der Waals surface area (Å²) < 4.78 is 23.6. The maximum absolute atomic E-state index is 12.2. The number of Topliss-reactive ketones (excluding diaryl/α,β-unsaturated/α-hetero) is 1. The number of benzene rings is 1. The van der Waals surface area contributed by atoms with Crippen molar-refractivity contribution < 1.29 is 18.0 Å². The van der Waals surface area contributed by atoms with E-state index >= 15 is 0 Å². The van der Waals surface area contributed by atoms with E-state index in [1.54, 1.807) is 31.2 Å².